The molecule has 0 aliphatic heterocycles. The van der Waals surface area contributed by atoms with Crippen molar-refractivity contribution >= 4 is 46.7 Å². The molecule has 0 saturated heterocycles. The number of amides is 1. The predicted octanol–water partition coefficient (Wildman–Crippen LogP) is 6.69. The third-order valence-electron chi connectivity index (χ3n) is 4.43. The van der Waals surface area contributed by atoms with Crippen molar-refractivity contribution in [1.82, 2.24) is 5.32 Å². The first-order valence-corrected chi connectivity index (χ1v) is 10.7. The van der Waals surface area contributed by atoms with Crippen LogP contribution in [0, 0.1) is 0 Å². The molecule has 2 rings (SSSR count). The van der Waals surface area contributed by atoms with E-state index in [0.717, 1.165) is 12.1 Å². The molecular weight excluding hydrogens is 506 g/mol. The van der Waals surface area contributed by atoms with Crippen molar-refractivity contribution in [3.05, 3.63) is 68.2 Å². The SMILES string of the molecule is CC(C)(C)NC(=O)OCc1cc(C(=O)CC(O)(c2cc(Cl)cc(Cl)c2)C(F)(F)F)ccc1Cl. The van der Waals surface area contributed by atoms with Gasteiger partial charge in [0.2, 0.25) is 0 Å². The summed E-state index contributed by atoms with van der Waals surface area (Å²) >= 11 is 17.7. The van der Waals surface area contributed by atoms with Gasteiger partial charge in [-0.1, -0.05) is 34.8 Å². The molecule has 0 fully saturated rings. The van der Waals surface area contributed by atoms with Crippen LogP contribution in [0.2, 0.25) is 15.1 Å². The number of hydrogen-bond donors (Lipinski definition) is 2. The Labute approximate surface area is 203 Å². The Bertz CT molecular complexity index is 1030. The Hall–Kier alpha value is -2.00. The molecular formula is C22H21Cl3F3NO4. The maximum atomic E-state index is 13.8. The summed E-state index contributed by atoms with van der Waals surface area (Å²) in [4.78, 5) is 24.6. The van der Waals surface area contributed by atoms with Crippen LogP contribution in [0.1, 0.15) is 48.7 Å². The van der Waals surface area contributed by atoms with Crippen molar-refractivity contribution in [1.29, 1.82) is 0 Å². The topological polar surface area (TPSA) is 75.6 Å². The normalized spacial score (nSPS) is 13.9. The lowest BCUT2D eigenvalue weighted by Crippen LogP contribution is -2.44. The fourth-order valence-corrected chi connectivity index (χ4v) is 3.54. The maximum absolute atomic E-state index is 13.8. The number of nitrogens with one attached hydrogen (secondary N) is 1. The lowest BCUT2D eigenvalue weighted by Gasteiger charge is -2.30. The zero-order chi connectivity index (χ0) is 25.2. The molecule has 2 aromatic carbocycles. The number of rotatable bonds is 6. The molecule has 0 aliphatic rings. The number of aliphatic hydroxyl groups is 1. The second-order valence-electron chi connectivity index (χ2n) is 8.37. The van der Waals surface area contributed by atoms with Gasteiger partial charge in [0.05, 0.1) is 6.42 Å². The molecule has 2 aromatic rings. The summed E-state index contributed by atoms with van der Waals surface area (Å²) in [6.07, 6.45) is -7.28. The summed E-state index contributed by atoms with van der Waals surface area (Å²) in [5.41, 5.74) is -4.72. The Balaban J connectivity index is 2.30. The molecule has 11 heteroatoms. The highest BCUT2D eigenvalue weighted by Gasteiger charge is 2.56. The van der Waals surface area contributed by atoms with Gasteiger partial charge in [0.25, 0.3) is 0 Å². The van der Waals surface area contributed by atoms with Crippen LogP contribution in [0.3, 0.4) is 0 Å². The number of ether oxygens (including phenoxy) is 1. The van der Waals surface area contributed by atoms with Crippen LogP contribution in [0.5, 0.6) is 0 Å². The number of alkyl halides is 3. The number of hydrogen-bond acceptors (Lipinski definition) is 4. The average Bonchev–Trinajstić information content (AvgIpc) is 2.64. The first kappa shape index (κ1) is 27.2. The van der Waals surface area contributed by atoms with E-state index in [0.29, 0.717) is 0 Å². The summed E-state index contributed by atoms with van der Waals surface area (Å²) in [6, 6.07) is 6.69. The van der Waals surface area contributed by atoms with Gasteiger partial charge >= 0.3 is 12.3 Å². The third-order valence-corrected chi connectivity index (χ3v) is 5.23. The smallest absolute Gasteiger partial charge is 0.421 e. The van der Waals surface area contributed by atoms with Crippen LogP contribution < -0.4 is 5.32 Å². The van der Waals surface area contributed by atoms with Crippen molar-refractivity contribution in [2.75, 3.05) is 0 Å². The van der Waals surface area contributed by atoms with Crippen LogP contribution >= 0.6 is 34.8 Å². The predicted molar refractivity (Wildman–Crippen MR) is 120 cm³/mol. The zero-order valence-electron chi connectivity index (χ0n) is 17.8. The molecule has 1 unspecified atom stereocenters. The molecule has 2 N–H and O–H groups in total. The molecule has 0 radical (unpaired) electrons. The Morgan fingerprint density at radius 1 is 1.00 bits per heavy atom. The van der Waals surface area contributed by atoms with E-state index in [1.807, 2.05) is 0 Å². The summed E-state index contributed by atoms with van der Waals surface area (Å²) < 4.78 is 46.6. The number of ketones is 1. The fourth-order valence-electron chi connectivity index (χ4n) is 2.84. The Morgan fingerprint density at radius 2 is 1.58 bits per heavy atom. The molecule has 1 amide bonds. The second kappa shape index (κ2) is 10.1. The van der Waals surface area contributed by atoms with Gasteiger partial charge in [-0.3, -0.25) is 4.79 Å². The van der Waals surface area contributed by atoms with Gasteiger partial charge in [-0.2, -0.15) is 13.2 Å². The van der Waals surface area contributed by atoms with Crippen LogP contribution in [-0.2, 0) is 16.9 Å². The monoisotopic (exact) mass is 525 g/mol. The molecule has 0 spiro atoms. The first-order valence-electron chi connectivity index (χ1n) is 9.54. The van der Waals surface area contributed by atoms with E-state index in [1.165, 1.54) is 24.3 Å². The maximum Gasteiger partial charge on any atom is 0.421 e. The van der Waals surface area contributed by atoms with Crippen LogP contribution in [-0.4, -0.2) is 28.7 Å². The number of alkyl carbamates (subject to hydrolysis) is 1. The minimum Gasteiger partial charge on any atom is -0.445 e. The summed E-state index contributed by atoms with van der Waals surface area (Å²) in [5.74, 6) is -1.03. The number of halogens is 6. The molecule has 0 aliphatic carbocycles. The number of benzene rings is 2. The summed E-state index contributed by atoms with van der Waals surface area (Å²) in [6.45, 7) is 4.91. The standard InChI is InChI=1S/C22H21Cl3F3NO4/c1-20(2,3)29-19(31)33-11-13-6-12(4-5-17(13)25)18(30)10-21(32,22(26,27)28)14-7-15(23)9-16(24)8-14/h4-9,32H,10-11H2,1-3H3,(H,29,31). The van der Waals surface area contributed by atoms with Crippen molar-refractivity contribution in [3.63, 3.8) is 0 Å². The Morgan fingerprint density at radius 3 is 2.09 bits per heavy atom. The molecule has 5 nitrogen and oxygen atoms in total. The zero-order valence-corrected chi connectivity index (χ0v) is 20.1. The molecule has 33 heavy (non-hydrogen) atoms. The number of Topliss-reactive ketones (excluding diaryl/α,β-unsaturated/α-hetero) is 1. The van der Waals surface area contributed by atoms with Gasteiger partial charge in [0.1, 0.15) is 6.61 Å². The highest BCUT2D eigenvalue weighted by molar-refractivity contribution is 6.34. The average molecular weight is 527 g/mol. The van der Waals surface area contributed by atoms with Gasteiger partial charge in [-0.25, -0.2) is 4.79 Å². The van der Waals surface area contributed by atoms with Gasteiger partial charge < -0.3 is 15.2 Å². The molecule has 0 heterocycles. The number of carbonyl (C=O) groups is 2. The second-order valence-corrected chi connectivity index (χ2v) is 9.65. The molecule has 0 aromatic heterocycles. The lowest BCUT2D eigenvalue weighted by molar-refractivity contribution is -0.264. The molecule has 180 valence electrons. The van der Waals surface area contributed by atoms with Crippen LogP contribution in [0.15, 0.2) is 36.4 Å². The van der Waals surface area contributed by atoms with Crippen molar-refractivity contribution in [3.8, 4) is 0 Å². The fraction of sp³-hybridized carbons (Fsp3) is 0.364. The summed E-state index contributed by atoms with van der Waals surface area (Å²) in [5, 5.41) is 13.0. The quantitative estimate of drug-likeness (QED) is 0.411. The van der Waals surface area contributed by atoms with Crippen molar-refractivity contribution in [2.45, 2.75) is 51.1 Å². The van der Waals surface area contributed by atoms with Crippen LogP contribution in [0.4, 0.5) is 18.0 Å². The molecule has 1 atom stereocenters. The Kier molecular flexibility index (Phi) is 8.33. The molecule has 0 saturated carbocycles. The van der Waals surface area contributed by atoms with Gasteiger partial charge in [0, 0.05) is 31.7 Å². The van der Waals surface area contributed by atoms with Gasteiger partial charge in [0.15, 0.2) is 11.4 Å². The highest BCUT2D eigenvalue weighted by atomic mass is 35.5. The first-order chi connectivity index (χ1) is 15.0. The lowest BCUT2D eigenvalue weighted by atomic mass is 9.86. The molecule has 0 bridgehead atoms. The van der Waals surface area contributed by atoms with E-state index >= 15 is 0 Å². The minimum atomic E-state index is -5.21. The van der Waals surface area contributed by atoms with Gasteiger partial charge in [-0.05, 0) is 62.7 Å². The number of carbonyl (C=O) groups excluding carboxylic acids is 2. The van der Waals surface area contributed by atoms with E-state index < -0.39 is 41.2 Å². The van der Waals surface area contributed by atoms with E-state index in [-0.39, 0.29) is 32.8 Å². The largest absolute Gasteiger partial charge is 0.445 e. The van der Waals surface area contributed by atoms with E-state index in [2.05, 4.69) is 5.32 Å². The van der Waals surface area contributed by atoms with Gasteiger partial charge in [-0.15, -0.1) is 0 Å². The van der Waals surface area contributed by atoms with E-state index in [1.54, 1.807) is 20.8 Å². The minimum absolute atomic E-state index is 0.132. The van der Waals surface area contributed by atoms with Crippen molar-refractivity contribution < 1.29 is 32.6 Å². The van der Waals surface area contributed by atoms with Crippen LogP contribution in [0.25, 0.3) is 0 Å². The van der Waals surface area contributed by atoms with Crippen molar-refractivity contribution in [2.24, 2.45) is 0 Å². The van der Waals surface area contributed by atoms with E-state index in [9.17, 15) is 27.9 Å². The third kappa shape index (κ3) is 7.24. The van der Waals surface area contributed by atoms with E-state index in [4.69, 9.17) is 39.5 Å². The highest BCUT2D eigenvalue weighted by Crippen LogP contribution is 2.44. The summed E-state index contributed by atoms with van der Waals surface area (Å²) in [7, 11) is 0.